The van der Waals surface area contributed by atoms with Gasteiger partial charge in [-0.1, -0.05) is 35.3 Å². The molecular weight excluding hydrogens is 453 g/mol. The fourth-order valence-electron chi connectivity index (χ4n) is 6.27. The molecule has 0 saturated carbocycles. The summed E-state index contributed by atoms with van der Waals surface area (Å²) in [6, 6.07) is 9.92. The standard InChI is InChI=1S/C23H19Cl2N3O4/c1-32-16-8-7-11(24)10-15(16)28-20(29)17-14-6-3-9-27(14)23(18(17)21(28)30)12-4-2-5-13(25)19(12)26-22(23)31/h2,4-5,7-8,10,14,17-18H,3,6,9H2,1H3,(H,26,31)/t14-,17+,18-,23+/m0/s1. The van der Waals surface area contributed by atoms with E-state index in [-0.39, 0.29) is 17.9 Å². The normalized spacial score (nSPS) is 30.7. The van der Waals surface area contributed by atoms with Gasteiger partial charge in [0.1, 0.15) is 11.3 Å². The molecule has 0 radical (unpaired) electrons. The van der Waals surface area contributed by atoms with Crippen LogP contribution in [0.4, 0.5) is 11.4 Å². The summed E-state index contributed by atoms with van der Waals surface area (Å²) in [6.07, 6.45) is 1.59. The number of rotatable bonds is 2. The third-order valence-electron chi connectivity index (χ3n) is 7.36. The fourth-order valence-corrected chi connectivity index (χ4v) is 6.66. The molecule has 0 unspecified atom stereocenters. The highest BCUT2D eigenvalue weighted by Gasteiger charge is 2.74. The van der Waals surface area contributed by atoms with E-state index in [2.05, 4.69) is 10.2 Å². The predicted octanol–water partition coefficient (Wildman–Crippen LogP) is 3.43. The first-order valence-electron chi connectivity index (χ1n) is 10.5. The summed E-state index contributed by atoms with van der Waals surface area (Å²) in [4.78, 5) is 44.6. The second kappa shape index (κ2) is 6.70. The van der Waals surface area contributed by atoms with Crippen LogP contribution in [0.5, 0.6) is 5.75 Å². The molecule has 1 N–H and O–H groups in total. The zero-order chi connectivity index (χ0) is 22.4. The largest absolute Gasteiger partial charge is 0.495 e. The van der Waals surface area contributed by atoms with Crippen molar-refractivity contribution in [1.29, 1.82) is 0 Å². The quantitative estimate of drug-likeness (QED) is 0.678. The maximum atomic E-state index is 14.0. The molecule has 4 heterocycles. The Morgan fingerprint density at radius 3 is 2.72 bits per heavy atom. The van der Waals surface area contributed by atoms with E-state index in [1.54, 1.807) is 30.3 Å². The smallest absolute Gasteiger partial charge is 0.250 e. The molecular formula is C23H19Cl2N3O4. The van der Waals surface area contributed by atoms with Gasteiger partial charge in [-0.2, -0.15) is 0 Å². The molecule has 2 aromatic rings. The van der Waals surface area contributed by atoms with Gasteiger partial charge in [0.15, 0.2) is 0 Å². The summed E-state index contributed by atoms with van der Waals surface area (Å²) in [6.45, 7) is 0.637. The number of ether oxygens (including phenoxy) is 1. The van der Waals surface area contributed by atoms with Crippen LogP contribution in [0.15, 0.2) is 36.4 Å². The Labute approximate surface area is 194 Å². The zero-order valence-corrected chi connectivity index (χ0v) is 18.6. The van der Waals surface area contributed by atoms with Crippen LogP contribution in [0.25, 0.3) is 0 Å². The molecule has 0 aromatic heterocycles. The van der Waals surface area contributed by atoms with Crippen LogP contribution in [0.3, 0.4) is 0 Å². The Morgan fingerprint density at radius 2 is 1.94 bits per heavy atom. The number of anilines is 2. The average Bonchev–Trinajstić information content (AvgIpc) is 3.47. The lowest BCUT2D eigenvalue weighted by Gasteiger charge is -2.36. The van der Waals surface area contributed by atoms with Crippen molar-refractivity contribution in [2.24, 2.45) is 11.8 Å². The highest BCUT2D eigenvalue weighted by atomic mass is 35.5. The number of hydrogen-bond donors (Lipinski definition) is 1. The van der Waals surface area contributed by atoms with Crippen LogP contribution >= 0.6 is 23.2 Å². The van der Waals surface area contributed by atoms with E-state index in [1.165, 1.54) is 7.11 Å². The summed E-state index contributed by atoms with van der Waals surface area (Å²) in [5.41, 5.74) is 0.216. The minimum atomic E-state index is -1.26. The second-order valence-corrected chi connectivity index (χ2v) is 9.46. The van der Waals surface area contributed by atoms with E-state index in [0.717, 1.165) is 17.7 Å². The summed E-state index contributed by atoms with van der Waals surface area (Å²) < 4.78 is 5.42. The third-order valence-corrected chi connectivity index (χ3v) is 7.91. The minimum absolute atomic E-state index is 0.206. The first-order valence-corrected chi connectivity index (χ1v) is 11.3. The summed E-state index contributed by atoms with van der Waals surface area (Å²) >= 11 is 12.6. The fraction of sp³-hybridized carbons (Fsp3) is 0.348. The van der Waals surface area contributed by atoms with E-state index in [0.29, 0.717) is 39.3 Å². The van der Waals surface area contributed by atoms with Crippen molar-refractivity contribution in [3.8, 4) is 5.75 Å². The monoisotopic (exact) mass is 471 g/mol. The molecule has 4 aliphatic rings. The summed E-state index contributed by atoms with van der Waals surface area (Å²) in [5, 5.41) is 3.70. The molecule has 3 fully saturated rings. The number of para-hydroxylation sites is 1. The number of nitrogens with one attached hydrogen (secondary N) is 1. The first kappa shape index (κ1) is 20.0. The topological polar surface area (TPSA) is 78.9 Å². The maximum absolute atomic E-state index is 14.0. The Hall–Kier alpha value is -2.61. The second-order valence-electron chi connectivity index (χ2n) is 8.62. The van der Waals surface area contributed by atoms with E-state index < -0.39 is 23.3 Å². The lowest BCUT2D eigenvalue weighted by molar-refractivity contribution is -0.135. The van der Waals surface area contributed by atoms with Crippen molar-refractivity contribution in [2.75, 3.05) is 23.9 Å². The number of carbonyl (C=O) groups excluding carboxylic acids is 3. The van der Waals surface area contributed by atoms with Crippen molar-refractivity contribution in [3.63, 3.8) is 0 Å². The van der Waals surface area contributed by atoms with Crippen LogP contribution in [0, 0.1) is 11.8 Å². The third kappa shape index (κ3) is 2.23. The molecule has 2 aromatic carbocycles. The van der Waals surface area contributed by atoms with Crippen molar-refractivity contribution in [3.05, 3.63) is 52.0 Å². The van der Waals surface area contributed by atoms with Crippen molar-refractivity contribution in [2.45, 2.75) is 24.4 Å². The highest BCUT2D eigenvalue weighted by Crippen LogP contribution is 2.61. The van der Waals surface area contributed by atoms with E-state index in [9.17, 15) is 14.4 Å². The molecule has 4 atom stereocenters. The van der Waals surface area contributed by atoms with Crippen LogP contribution in [-0.4, -0.2) is 42.3 Å². The van der Waals surface area contributed by atoms with Crippen LogP contribution < -0.4 is 15.0 Å². The number of halogens is 2. The van der Waals surface area contributed by atoms with E-state index in [1.807, 2.05) is 6.07 Å². The number of nitrogens with zero attached hydrogens (tertiary/aromatic N) is 2. The molecule has 0 bridgehead atoms. The average molecular weight is 472 g/mol. The van der Waals surface area contributed by atoms with Crippen LogP contribution in [0.2, 0.25) is 10.0 Å². The molecule has 4 aliphatic heterocycles. The first-order chi connectivity index (χ1) is 15.4. The maximum Gasteiger partial charge on any atom is 0.250 e. The lowest BCUT2D eigenvalue weighted by atomic mass is 9.75. The number of hydrogen-bond acceptors (Lipinski definition) is 5. The lowest BCUT2D eigenvalue weighted by Crippen LogP contribution is -2.54. The molecule has 164 valence electrons. The van der Waals surface area contributed by atoms with Gasteiger partial charge in [-0.3, -0.25) is 19.3 Å². The Kier molecular flexibility index (Phi) is 4.19. The number of amides is 3. The SMILES string of the molecule is COc1ccc(Cl)cc1N1C(=O)[C@H]2[C@@H](C1=O)[C@]1(C(=O)Nc3c(Cl)cccc31)N1CCC[C@@H]21. The molecule has 32 heavy (non-hydrogen) atoms. The Bertz CT molecular complexity index is 1220. The van der Waals surface area contributed by atoms with E-state index >= 15 is 0 Å². The Balaban J connectivity index is 1.57. The molecule has 7 nitrogen and oxygen atoms in total. The number of imide groups is 1. The minimum Gasteiger partial charge on any atom is -0.495 e. The molecule has 6 rings (SSSR count). The molecule has 0 aliphatic carbocycles. The number of methoxy groups -OCH3 is 1. The summed E-state index contributed by atoms with van der Waals surface area (Å²) in [7, 11) is 1.47. The van der Waals surface area contributed by atoms with Gasteiger partial charge in [0.2, 0.25) is 11.8 Å². The molecule has 9 heteroatoms. The number of benzene rings is 2. The van der Waals surface area contributed by atoms with E-state index in [4.69, 9.17) is 27.9 Å². The van der Waals surface area contributed by atoms with Gasteiger partial charge in [0.05, 0.1) is 35.3 Å². The summed E-state index contributed by atoms with van der Waals surface area (Å²) in [5.74, 6) is -2.17. The van der Waals surface area contributed by atoms with Gasteiger partial charge in [0, 0.05) is 16.6 Å². The van der Waals surface area contributed by atoms with Crippen molar-refractivity contribution < 1.29 is 19.1 Å². The van der Waals surface area contributed by atoms with Gasteiger partial charge >= 0.3 is 0 Å². The van der Waals surface area contributed by atoms with Crippen LogP contribution in [0.1, 0.15) is 18.4 Å². The van der Waals surface area contributed by atoms with Gasteiger partial charge < -0.3 is 10.1 Å². The predicted molar refractivity (Wildman–Crippen MR) is 119 cm³/mol. The van der Waals surface area contributed by atoms with Crippen molar-refractivity contribution >= 4 is 52.3 Å². The van der Waals surface area contributed by atoms with Crippen molar-refractivity contribution in [1.82, 2.24) is 4.90 Å². The molecule has 3 amide bonds. The van der Waals surface area contributed by atoms with Gasteiger partial charge in [-0.25, -0.2) is 4.90 Å². The number of carbonyl (C=O) groups is 3. The van der Waals surface area contributed by atoms with Gasteiger partial charge in [-0.15, -0.1) is 0 Å². The molecule has 1 spiro atoms. The Morgan fingerprint density at radius 1 is 1.12 bits per heavy atom. The molecule has 3 saturated heterocycles. The van der Waals surface area contributed by atoms with Crippen LogP contribution in [-0.2, 0) is 19.9 Å². The van der Waals surface area contributed by atoms with Gasteiger partial charge in [0.25, 0.3) is 5.91 Å². The van der Waals surface area contributed by atoms with Gasteiger partial charge in [-0.05, 0) is 43.7 Å². The highest BCUT2D eigenvalue weighted by molar-refractivity contribution is 6.35. The number of fused-ring (bicyclic) bond motifs is 7. The zero-order valence-electron chi connectivity index (χ0n) is 17.1.